The van der Waals surface area contributed by atoms with Gasteiger partial charge in [-0.3, -0.25) is 0 Å². The van der Waals surface area contributed by atoms with Crippen LogP contribution in [0.1, 0.15) is 12.5 Å². The molecule has 96 valence electrons. The Morgan fingerprint density at radius 2 is 1.71 bits per heavy atom. The Balaban J connectivity index is 3.37. The van der Waals surface area contributed by atoms with Crippen molar-refractivity contribution in [3.05, 3.63) is 23.8 Å². The number of aryl methyl sites for hydroxylation is 1. The van der Waals surface area contributed by atoms with Gasteiger partial charge in [-0.25, -0.2) is 22.0 Å². The summed E-state index contributed by atoms with van der Waals surface area (Å²) in [7, 11) is -8.16. The van der Waals surface area contributed by atoms with Crippen LogP contribution in [0.25, 0.3) is 0 Å². The number of hydrogen-bond donors (Lipinski definition) is 2. The topological polar surface area (TPSA) is 120 Å². The summed E-state index contributed by atoms with van der Waals surface area (Å²) >= 11 is 0. The third kappa shape index (κ3) is 2.76. The molecule has 0 spiro atoms. The summed E-state index contributed by atoms with van der Waals surface area (Å²) in [6, 6.07) is 4.00. The molecule has 0 radical (unpaired) electrons. The van der Waals surface area contributed by atoms with Gasteiger partial charge in [0.15, 0.2) is 14.4 Å². The third-order valence-corrected chi connectivity index (χ3v) is 6.74. The Morgan fingerprint density at radius 1 is 1.18 bits per heavy atom. The van der Waals surface area contributed by atoms with Crippen molar-refractivity contribution in [2.75, 3.05) is 5.73 Å². The molecule has 0 aliphatic heterocycles. The largest absolute Gasteiger partial charge is 0.399 e. The quantitative estimate of drug-likeness (QED) is 0.753. The molecule has 1 unspecified atom stereocenters. The first-order chi connectivity index (χ1) is 7.56. The number of rotatable bonds is 3. The molecular weight excluding hydrogens is 264 g/mol. The lowest BCUT2D eigenvalue weighted by molar-refractivity contribution is 0.578. The van der Waals surface area contributed by atoms with E-state index in [-0.39, 0.29) is 4.90 Å². The van der Waals surface area contributed by atoms with Crippen molar-refractivity contribution >= 4 is 25.5 Å². The molecule has 1 aromatic rings. The van der Waals surface area contributed by atoms with Crippen LogP contribution in [0.4, 0.5) is 5.69 Å². The molecule has 6 nitrogen and oxygen atoms in total. The van der Waals surface area contributed by atoms with Crippen molar-refractivity contribution in [2.24, 2.45) is 5.14 Å². The minimum atomic E-state index is -4.15. The molecule has 0 saturated carbocycles. The summed E-state index contributed by atoms with van der Waals surface area (Å²) in [5.74, 6) is 0. The Kier molecular flexibility index (Phi) is 3.51. The van der Waals surface area contributed by atoms with E-state index in [1.807, 2.05) is 0 Å². The van der Waals surface area contributed by atoms with Gasteiger partial charge in [0, 0.05) is 5.69 Å². The Bertz CT molecular complexity index is 635. The fourth-order valence-corrected chi connectivity index (χ4v) is 3.92. The van der Waals surface area contributed by atoms with Gasteiger partial charge >= 0.3 is 0 Å². The smallest absolute Gasteiger partial charge is 0.226 e. The summed E-state index contributed by atoms with van der Waals surface area (Å²) in [6.07, 6.45) is 0. The lowest BCUT2D eigenvalue weighted by Crippen LogP contribution is -2.33. The van der Waals surface area contributed by atoms with Crippen molar-refractivity contribution in [2.45, 2.75) is 23.3 Å². The predicted molar refractivity (Wildman–Crippen MR) is 65.3 cm³/mol. The van der Waals surface area contributed by atoms with Crippen molar-refractivity contribution in [1.82, 2.24) is 0 Å². The van der Waals surface area contributed by atoms with Crippen molar-refractivity contribution < 1.29 is 16.8 Å². The molecule has 0 heterocycles. The lowest BCUT2D eigenvalue weighted by atomic mass is 10.2. The van der Waals surface area contributed by atoms with Crippen molar-refractivity contribution in [3.8, 4) is 0 Å². The van der Waals surface area contributed by atoms with E-state index >= 15 is 0 Å². The molecule has 1 atom stereocenters. The van der Waals surface area contributed by atoms with E-state index in [1.54, 1.807) is 6.92 Å². The van der Waals surface area contributed by atoms with Crippen LogP contribution < -0.4 is 10.9 Å². The maximum Gasteiger partial charge on any atom is 0.226 e. The number of primary sulfonamides is 1. The molecule has 1 rings (SSSR count). The molecule has 4 N–H and O–H groups in total. The summed E-state index contributed by atoms with van der Waals surface area (Å²) in [4.78, 5) is -0.106. The van der Waals surface area contributed by atoms with Gasteiger partial charge in [0.2, 0.25) is 10.0 Å². The van der Waals surface area contributed by atoms with E-state index in [4.69, 9.17) is 10.9 Å². The van der Waals surface area contributed by atoms with Gasteiger partial charge in [-0.2, -0.15) is 0 Å². The molecular formula is C9H14N2O4S2. The average molecular weight is 278 g/mol. The summed E-state index contributed by atoms with van der Waals surface area (Å²) in [5.41, 5.74) is 6.56. The van der Waals surface area contributed by atoms with Gasteiger partial charge in [-0.15, -0.1) is 0 Å². The fraction of sp³-hybridized carbons (Fsp3) is 0.333. The molecule has 0 fully saturated rings. The summed E-state index contributed by atoms with van der Waals surface area (Å²) in [6.45, 7) is 2.67. The van der Waals surface area contributed by atoms with Crippen LogP contribution in [0, 0.1) is 6.92 Å². The minimum absolute atomic E-state index is 0.106. The first kappa shape index (κ1) is 13.9. The third-order valence-electron chi connectivity index (χ3n) is 2.47. The molecule has 8 heteroatoms. The highest BCUT2D eigenvalue weighted by molar-refractivity contribution is 8.08. The maximum atomic E-state index is 11.9. The Morgan fingerprint density at radius 3 is 2.12 bits per heavy atom. The number of sulfone groups is 1. The fourth-order valence-electron chi connectivity index (χ4n) is 1.19. The number of nitrogens with two attached hydrogens (primary N) is 2. The highest BCUT2D eigenvalue weighted by atomic mass is 32.3. The molecule has 17 heavy (non-hydrogen) atoms. The standard InChI is InChI=1S/C9H14N2O4S2/c1-6-5-8(3-4-9(6)10)16(12,13)7(2)17(11,14)15/h3-5,7H,10H2,1-2H3,(H2,11,14,15). The Hall–Kier alpha value is -1.12. The monoisotopic (exact) mass is 278 g/mol. The first-order valence-electron chi connectivity index (χ1n) is 4.68. The summed E-state index contributed by atoms with van der Waals surface area (Å²) in [5, 5.41) is 4.84. The number of anilines is 1. The first-order valence-corrected chi connectivity index (χ1v) is 7.84. The van der Waals surface area contributed by atoms with Crippen LogP contribution in [0.15, 0.2) is 23.1 Å². The van der Waals surface area contributed by atoms with Gasteiger partial charge in [0.05, 0.1) is 4.90 Å². The van der Waals surface area contributed by atoms with Gasteiger partial charge in [0.25, 0.3) is 0 Å². The Labute approximate surface area is 101 Å². The van der Waals surface area contributed by atoms with Crippen LogP contribution >= 0.6 is 0 Å². The van der Waals surface area contributed by atoms with Gasteiger partial charge in [-0.1, -0.05) is 0 Å². The molecule has 0 aromatic heterocycles. The lowest BCUT2D eigenvalue weighted by Gasteiger charge is -2.11. The number of sulfonamides is 1. The highest BCUT2D eigenvalue weighted by Crippen LogP contribution is 2.22. The van der Waals surface area contributed by atoms with Gasteiger partial charge in [0.1, 0.15) is 0 Å². The van der Waals surface area contributed by atoms with E-state index in [0.29, 0.717) is 11.3 Å². The summed E-state index contributed by atoms with van der Waals surface area (Å²) < 4.78 is 44.4. The number of hydrogen-bond acceptors (Lipinski definition) is 5. The zero-order valence-corrected chi connectivity index (χ0v) is 11.0. The van der Waals surface area contributed by atoms with Crippen LogP contribution in [-0.4, -0.2) is 21.4 Å². The molecule has 0 aliphatic rings. The SMILES string of the molecule is Cc1cc(S(=O)(=O)C(C)S(N)(=O)=O)ccc1N. The zero-order chi connectivity index (χ0) is 13.4. The van der Waals surface area contributed by atoms with E-state index in [1.165, 1.54) is 18.2 Å². The molecule has 0 amide bonds. The van der Waals surface area contributed by atoms with Crippen molar-refractivity contribution in [3.63, 3.8) is 0 Å². The van der Waals surface area contributed by atoms with Crippen LogP contribution in [-0.2, 0) is 19.9 Å². The maximum absolute atomic E-state index is 11.9. The second-order valence-corrected chi connectivity index (χ2v) is 8.17. The van der Waals surface area contributed by atoms with E-state index in [2.05, 4.69) is 0 Å². The average Bonchev–Trinajstić information content (AvgIpc) is 2.19. The van der Waals surface area contributed by atoms with E-state index < -0.39 is 24.4 Å². The molecule has 0 bridgehead atoms. The van der Waals surface area contributed by atoms with Crippen molar-refractivity contribution in [1.29, 1.82) is 0 Å². The minimum Gasteiger partial charge on any atom is -0.399 e. The molecule has 1 aromatic carbocycles. The second kappa shape index (κ2) is 4.28. The molecule has 0 saturated heterocycles. The normalized spacial score (nSPS) is 14.5. The molecule has 0 aliphatic carbocycles. The highest BCUT2D eigenvalue weighted by Gasteiger charge is 2.32. The second-order valence-electron chi connectivity index (χ2n) is 3.72. The zero-order valence-electron chi connectivity index (χ0n) is 9.41. The number of nitrogen functional groups attached to an aromatic ring is 1. The van der Waals surface area contributed by atoms with E-state index in [9.17, 15) is 16.8 Å². The van der Waals surface area contributed by atoms with Crippen LogP contribution in [0.2, 0.25) is 0 Å². The van der Waals surface area contributed by atoms with Gasteiger partial charge in [-0.05, 0) is 37.6 Å². The predicted octanol–water partition coefficient (Wildman–Crippen LogP) is -0.0146. The van der Waals surface area contributed by atoms with Gasteiger partial charge < -0.3 is 5.73 Å². The van der Waals surface area contributed by atoms with Crippen LogP contribution in [0.5, 0.6) is 0 Å². The van der Waals surface area contributed by atoms with E-state index in [0.717, 1.165) is 6.92 Å². The number of benzene rings is 1. The van der Waals surface area contributed by atoms with Crippen LogP contribution in [0.3, 0.4) is 0 Å².